The Labute approximate surface area is 76.0 Å². The first-order valence-corrected chi connectivity index (χ1v) is 4.44. The molecule has 13 heavy (non-hydrogen) atoms. The van der Waals surface area contributed by atoms with Gasteiger partial charge in [-0.2, -0.15) is 5.10 Å². The van der Waals surface area contributed by atoms with E-state index in [-0.39, 0.29) is 12.3 Å². The molecule has 0 amide bonds. The summed E-state index contributed by atoms with van der Waals surface area (Å²) in [5.41, 5.74) is 3.23. The molecule has 1 aliphatic rings. The maximum Gasteiger partial charge on any atom is 0.303 e. The third-order valence-corrected chi connectivity index (χ3v) is 2.63. The normalized spacial score (nSPS) is 20.2. The number of carbonyl (C=O) groups is 1. The highest BCUT2D eigenvalue weighted by Crippen LogP contribution is 2.35. The summed E-state index contributed by atoms with van der Waals surface area (Å²) < 4.78 is 0. The Morgan fingerprint density at radius 1 is 1.77 bits per heavy atom. The summed E-state index contributed by atoms with van der Waals surface area (Å²) in [7, 11) is 0. The zero-order chi connectivity index (χ0) is 9.42. The average molecular weight is 180 g/mol. The van der Waals surface area contributed by atoms with E-state index in [2.05, 4.69) is 10.2 Å². The summed E-state index contributed by atoms with van der Waals surface area (Å²) in [5.74, 6) is -0.551. The number of nitrogens with zero attached hydrogens (tertiary/aromatic N) is 1. The van der Waals surface area contributed by atoms with E-state index in [1.807, 2.05) is 6.92 Å². The Balaban J connectivity index is 2.26. The minimum Gasteiger partial charge on any atom is -0.481 e. The lowest BCUT2D eigenvalue weighted by Gasteiger charge is -2.06. The monoisotopic (exact) mass is 180 g/mol. The van der Waals surface area contributed by atoms with Gasteiger partial charge < -0.3 is 5.11 Å². The van der Waals surface area contributed by atoms with Gasteiger partial charge in [-0.05, 0) is 31.2 Å². The van der Waals surface area contributed by atoms with Crippen molar-refractivity contribution < 1.29 is 9.90 Å². The van der Waals surface area contributed by atoms with E-state index in [4.69, 9.17) is 5.11 Å². The molecule has 2 rings (SSSR count). The van der Waals surface area contributed by atoms with E-state index >= 15 is 0 Å². The highest BCUT2D eigenvalue weighted by atomic mass is 16.4. The third-order valence-electron chi connectivity index (χ3n) is 2.63. The van der Waals surface area contributed by atoms with Crippen molar-refractivity contribution in [3.05, 3.63) is 17.0 Å². The molecule has 0 fully saturated rings. The van der Waals surface area contributed by atoms with Gasteiger partial charge in [0.2, 0.25) is 0 Å². The first-order valence-electron chi connectivity index (χ1n) is 4.44. The zero-order valence-electron chi connectivity index (χ0n) is 7.50. The fraction of sp³-hybridized carbons (Fsp3) is 0.556. The number of rotatable bonds is 2. The van der Waals surface area contributed by atoms with Gasteiger partial charge in [0.15, 0.2) is 0 Å². The van der Waals surface area contributed by atoms with Crippen LogP contribution >= 0.6 is 0 Å². The van der Waals surface area contributed by atoms with Crippen molar-refractivity contribution in [2.24, 2.45) is 0 Å². The molecular formula is C9H12N2O2. The summed E-state index contributed by atoms with van der Waals surface area (Å²) in [6.45, 7) is 1.95. The fourth-order valence-electron chi connectivity index (χ4n) is 2.09. The number of nitrogens with one attached hydrogen (secondary N) is 1. The van der Waals surface area contributed by atoms with Gasteiger partial charge in [0.1, 0.15) is 0 Å². The van der Waals surface area contributed by atoms with Crippen LogP contribution in [0.1, 0.15) is 35.7 Å². The molecule has 0 saturated heterocycles. The quantitative estimate of drug-likeness (QED) is 0.719. The van der Waals surface area contributed by atoms with Crippen LogP contribution in [0.4, 0.5) is 0 Å². The second-order valence-electron chi connectivity index (χ2n) is 3.54. The number of hydrogen-bond acceptors (Lipinski definition) is 2. The Morgan fingerprint density at radius 3 is 3.23 bits per heavy atom. The zero-order valence-corrected chi connectivity index (χ0v) is 7.50. The molecule has 1 heterocycles. The molecule has 0 aliphatic heterocycles. The second kappa shape index (κ2) is 2.87. The van der Waals surface area contributed by atoms with Crippen molar-refractivity contribution in [3.63, 3.8) is 0 Å². The van der Waals surface area contributed by atoms with Gasteiger partial charge in [0.05, 0.1) is 12.1 Å². The Morgan fingerprint density at radius 2 is 2.54 bits per heavy atom. The van der Waals surface area contributed by atoms with Crippen LogP contribution in [0.5, 0.6) is 0 Å². The molecule has 1 aromatic rings. The van der Waals surface area contributed by atoms with Crippen LogP contribution in [0.3, 0.4) is 0 Å². The predicted molar refractivity (Wildman–Crippen MR) is 46.6 cm³/mol. The number of carboxylic acids is 1. The molecule has 0 radical (unpaired) electrons. The summed E-state index contributed by atoms with van der Waals surface area (Å²) in [6.07, 6.45) is 2.07. The van der Waals surface area contributed by atoms with Crippen molar-refractivity contribution >= 4 is 5.97 Å². The topological polar surface area (TPSA) is 66.0 Å². The number of aryl methyl sites for hydroxylation is 2. The van der Waals surface area contributed by atoms with Gasteiger partial charge in [-0.15, -0.1) is 0 Å². The van der Waals surface area contributed by atoms with E-state index in [1.54, 1.807) is 0 Å². The van der Waals surface area contributed by atoms with Gasteiger partial charge in [0, 0.05) is 5.69 Å². The van der Waals surface area contributed by atoms with Gasteiger partial charge in [0.25, 0.3) is 0 Å². The molecule has 1 aromatic heterocycles. The summed E-state index contributed by atoms with van der Waals surface area (Å²) in [6, 6.07) is 0. The number of carboxylic acid groups (broad SMARTS) is 1. The number of aliphatic carboxylic acids is 1. The lowest BCUT2D eigenvalue weighted by Crippen LogP contribution is -2.03. The maximum atomic E-state index is 10.6. The van der Waals surface area contributed by atoms with Crippen molar-refractivity contribution in [2.75, 3.05) is 0 Å². The lowest BCUT2D eigenvalue weighted by molar-refractivity contribution is -0.137. The number of hydrogen-bond donors (Lipinski definition) is 2. The summed E-state index contributed by atoms with van der Waals surface area (Å²) in [4.78, 5) is 10.6. The first-order chi connectivity index (χ1) is 6.18. The molecule has 4 heteroatoms. The molecule has 0 spiro atoms. The molecule has 0 saturated carbocycles. The third kappa shape index (κ3) is 1.32. The van der Waals surface area contributed by atoms with Gasteiger partial charge in [-0.3, -0.25) is 9.89 Å². The minimum atomic E-state index is -0.724. The standard InChI is InChI=1S/C9H12N2O2/c1-5-9-6(4-8(12)13)2-3-7(9)11-10-5/h6H,2-4H2,1H3,(H,10,11)(H,12,13). The number of aromatic nitrogens is 2. The largest absolute Gasteiger partial charge is 0.481 e. The number of fused-ring (bicyclic) bond motifs is 1. The summed E-state index contributed by atoms with van der Waals surface area (Å²) >= 11 is 0. The SMILES string of the molecule is Cc1[nH]nc2c1C(CC(=O)O)CC2. The molecule has 0 bridgehead atoms. The lowest BCUT2D eigenvalue weighted by atomic mass is 9.98. The predicted octanol–water partition coefficient (Wildman–Crippen LogP) is 1.22. The van der Waals surface area contributed by atoms with Crippen LogP contribution in [0.2, 0.25) is 0 Å². The summed E-state index contributed by atoms with van der Waals surface area (Å²) in [5, 5.41) is 15.7. The van der Waals surface area contributed by atoms with Gasteiger partial charge in [-0.25, -0.2) is 0 Å². The van der Waals surface area contributed by atoms with Crippen LogP contribution < -0.4 is 0 Å². The van der Waals surface area contributed by atoms with Crippen LogP contribution in [0.25, 0.3) is 0 Å². The molecular weight excluding hydrogens is 168 g/mol. The van der Waals surface area contributed by atoms with Crippen molar-refractivity contribution in [3.8, 4) is 0 Å². The van der Waals surface area contributed by atoms with E-state index in [1.165, 1.54) is 0 Å². The van der Waals surface area contributed by atoms with Crippen LogP contribution in [-0.2, 0) is 11.2 Å². The molecule has 1 aliphatic carbocycles. The molecule has 0 aromatic carbocycles. The van der Waals surface area contributed by atoms with Crippen molar-refractivity contribution in [2.45, 2.75) is 32.1 Å². The Bertz CT molecular complexity index is 343. The highest BCUT2D eigenvalue weighted by Gasteiger charge is 2.28. The maximum absolute atomic E-state index is 10.6. The van der Waals surface area contributed by atoms with E-state index < -0.39 is 5.97 Å². The number of aromatic amines is 1. The fourth-order valence-corrected chi connectivity index (χ4v) is 2.09. The second-order valence-corrected chi connectivity index (χ2v) is 3.54. The van der Waals surface area contributed by atoms with E-state index in [0.29, 0.717) is 0 Å². The van der Waals surface area contributed by atoms with Gasteiger partial charge in [-0.1, -0.05) is 0 Å². The number of H-pyrrole nitrogens is 1. The first kappa shape index (κ1) is 8.29. The van der Waals surface area contributed by atoms with Crippen molar-refractivity contribution in [1.82, 2.24) is 10.2 Å². The van der Waals surface area contributed by atoms with Gasteiger partial charge >= 0.3 is 5.97 Å². The van der Waals surface area contributed by atoms with Crippen LogP contribution in [0, 0.1) is 6.92 Å². The average Bonchev–Trinajstić information content (AvgIpc) is 2.56. The van der Waals surface area contributed by atoms with Crippen LogP contribution in [0.15, 0.2) is 0 Å². The molecule has 2 N–H and O–H groups in total. The molecule has 1 atom stereocenters. The highest BCUT2D eigenvalue weighted by molar-refractivity contribution is 5.68. The van der Waals surface area contributed by atoms with E-state index in [0.717, 1.165) is 29.8 Å². The van der Waals surface area contributed by atoms with Crippen LogP contribution in [-0.4, -0.2) is 21.3 Å². The molecule has 70 valence electrons. The Kier molecular flexibility index (Phi) is 1.83. The van der Waals surface area contributed by atoms with E-state index in [9.17, 15) is 4.79 Å². The minimum absolute atomic E-state index is 0.172. The Hall–Kier alpha value is -1.32. The molecule has 1 unspecified atom stereocenters. The smallest absolute Gasteiger partial charge is 0.303 e. The molecule has 4 nitrogen and oxygen atoms in total. The van der Waals surface area contributed by atoms with Crippen molar-refractivity contribution in [1.29, 1.82) is 0 Å².